The number of carbonyl (C=O) groups excluding carboxylic acids is 1. The Balaban J connectivity index is 2.45. The van der Waals surface area contributed by atoms with E-state index in [1.54, 1.807) is 0 Å². The molecule has 0 bridgehead atoms. The third-order valence-electron chi connectivity index (χ3n) is 1.33. The van der Waals surface area contributed by atoms with Crippen LogP contribution < -0.4 is 0 Å². The fourth-order valence-corrected chi connectivity index (χ4v) is 1.10. The number of alkyl halides is 1. The Morgan fingerprint density at radius 1 is 2.00 bits per heavy atom. The van der Waals surface area contributed by atoms with Crippen molar-refractivity contribution in [3.63, 3.8) is 0 Å². The van der Waals surface area contributed by atoms with Gasteiger partial charge in [-0.05, 0) is 0 Å². The number of hydrogen-bond acceptors (Lipinski definition) is 4. The highest BCUT2D eigenvalue weighted by Gasteiger charge is 2.25. The van der Waals surface area contributed by atoms with Gasteiger partial charge in [0.25, 0.3) is 0 Å². The van der Waals surface area contributed by atoms with E-state index in [1.165, 1.54) is 7.11 Å². The molecular formula is C6H8BrNO3. The Hall–Kier alpha value is -0.580. The lowest BCUT2D eigenvalue weighted by molar-refractivity contribution is -0.132. The summed E-state index contributed by atoms with van der Waals surface area (Å²) in [6.45, 7) is 0. The number of esters is 1. The van der Waals surface area contributed by atoms with E-state index in [4.69, 9.17) is 4.84 Å². The molecule has 4 nitrogen and oxygen atoms in total. The van der Waals surface area contributed by atoms with Gasteiger partial charge in [-0.2, -0.15) is 0 Å². The Kier molecular flexibility index (Phi) is 2.87. The molecule has 1 rings (SSSR count). The van der Waals surface area contributed by atoms with Gasteiger partial charge in [0.05, 0.1) is 7.11 Å². The van der Waals surface area contributed by atoms with Gasteiger partial charge in [-0.25, -0.2) is 4.79 Å². The average Bonchev–Trinajstić information content (AvgIpc) is 2.50. The van der Waals surface area contributed by atoms with Crippen LogP contribution in [-0.2, 0) is 14.4 Å². The molecule has 11 heavy (non-hydrogen) atoms. The lowest BCUT2D eigenvalue weighted by Crippen LogP contribution is -2.17. The molecule has 0 radical (unpaired) electrons. The topological polar surface area (TPSA) is 47.9 Å². The van der Waals surface area contributed by atoms with E-state index in [1.807, 2.05) is 0 Å². The zero-order valence-electron chi connectivity index (χ0n) is 6.04. The molecule has 1 atom stereocenters. The number of ether oxygens (including phenoxy) is 1. The highest BCUT2D eigenvalue weighted by molar-refractivity contribution is 9.09. The summed E-state index contributed by atoms with van der Waals surface area (Å²) in [7, 11) is 1.33. The van der Waals surface area contributed by atoms with Gasteiger partial charge >= 0.3 is 5.97 Å². The smallest absolute Gasteiger partial charge is 0.355 e. The first kappa shape index (κ1) is 8.52. The monoisotopic (exact) mass is 221 g/mol. The lowest BCUT2D eigenvalue weighted by atomic mass is 10.2. The third-order valence-corrected chi connectivity index (χ3v) is 2.05. The summed E-state index contributed by atoms with van der Waals surface area (Å²) in [6, 6.07) is 0. The van der Waals surface area contributed by atoms with Crippen molar-refractivity contribution in [3.05, 3.63) is 0 Å². The molecular weight excluding hydrogens is 214 g/mol. The predicted octanol–water partition coefficient (Wildman–Crippen LogP) is 0.699. The van der Waals surface area contributed by atoms with Crippen LogP contribution in [-0.4, -0.2) is 30.2 Å². The summed E-state index contributed by atoms with van der Waals surface area (Å²) in [6.07, 6.45) is 0.502. The van der Waals surface area contributed by atoms with Gasteiger partial charge < -0.3 is 9.57 Å². The molecule has 0 aromatic rings. The zero-order valence-corrected chi connectivity index (χ0v) is 7.63. The predicted molar refractivity (Wildman–Crippen MR) is 42.7 cm³/mol. The number of halogens is 1. The van der Waals surface area contributed by atoms with Crippen molar-refractivity contribution in [1.82, 2.24) is 0 Å². The summed E-state index contributed by atoms with van der Waals surface area (Å²) in [5, 5.41) is 4.25. The number of oxime groups is 1. The molecule has 1 heterocycles. The first-order valence-electron chi connectivity index (χ1n) is 3.15. The molecule has 1 aliphatic heterocycles. The lowest BCUT2D eigenvalue weighted by Gasteiger charge is -1.99. The van der Waals surface area contributed by atoms with Crippen molar-refractivity contribution < 1.29 is 14.4 Å². The van der Waals surface area contributed by atoms with Crippen molar-refractivity contribution in [1.29, 1.82) is 0 Å². The van der Waals surface area contributed by atoms with E-state index < -0.39 is 5.97 Å². The summed E-state index contributed by atoms with van der Waals surface area (Å²) >= 11 is 3.22. The molecule has 0 saturated heterocycles. The Labute approximate surface area is 72.7 Å². The van der Waals surface area contributed by atoms with E-state index in [0.717, 1.165) is 0 Å². The van der Waals surface area contributed by atoms with E-state index >= 15 is 0 Å². The quantitative estimate of drug-likeness (QED) is 0.510. The first-order chi connectivity index (χ1) is 5.27. The molecule has 0 aromatic heterocycles. The largest absolute Gasteiger partial charge is 0.464 e. The van der Waals surface area contributed by atoms with Gasteiger partial charge in [0.2, 0.25) is 0 Å². The number of nitrogens with zero attached hydrogens (tertiary/aromatic N) is 1. The number of rotatable bonds is 2. The Morgan fingerprint density at radius 2 is 2.73 bits per heavy atom. The fourth-order valence-electron chi connectivity index (χ4n) is 0.749. The van der Waals surface area contributed by atoms with Crippen LogP contribution >= 0.6 is 15.9 Å². The van der Waals surface area contributed by atoms with Crippen molar-refractivity contribution in [3.8, 4) is 0 Å². The zero-order chi connectivity index (χ0) is 8.27. The summed E-state index contributed by atoms with van der Waals surface area (Å²) in [5.41, 5.74) is 0.358. The SMILES string of the molecule is COC(=O)C1=NO[C@H](CBr)C1. The molecule has 62 valence electrons. The van der Waals surface area contributed by atoms with Crippen molar-refractivity contribution in [2.75, 3.05) is 12.4 Å². The van der Waals surface area contributed by atoms with Crippen LogP contribution in [0.1, 0.15) is 6.42 Å². The first-order valence-corrected chi connectivity index (χ1v) is 4.27. The van der Waals surface area contributed by atoms with Gasteiger partial charge in [0.1, 0.15) is 6.10 Å². The van der Waals surface area contributed by atoms with E-state index in [2.05, 4.69) is 25.8 Å². The molecule has 0 amide bonds. The minimum absolute atomic E-state index is 0.0240. The minimum Gasteiger partial charge on any atom is -0.464 e. The van der Waals surface area contributed by atoms with Crippen LogP contribution in [0.15, 0.2) is 5.16 Å². The second-order valence-corrected chi connectivity index (χ2v) is 2.76. The second kappa shape index (κ2) is 3.71. The van der Waals surface area contributed by atoms with Crippen molar-refractivity contribution in [2.24, 2.45) is 5.16 Å². The fraction of sp³-hybridized carbons (Fsp3) is 0.667. The molecule has 0 spiro atoms. The van der Waals surface area contributed by atoms with Gasteiger partial charge in [0, 0.05) is 11.8 Å². The van der Waals surface area contributed by atoms with Gasteiger partial charge in [-0.15, -0.1) is 0 Å². The standard InChI is InChI=1S/C6H8BrNO3/c1-10-6(9)5-2-4(3-7)11-8-5/h4H,2-3H2,1H3/t4-/m0/s1. The molecule has 1 aliphatic rings. The molecule has 5 heteroatoms. The number of carbonyl (C=O) groups is 1. The maximum absolute atomic E-state index is 10.8. The molecule has 0 aromatic carbocycles. The summed E-state index contributed by atoms with van der Waals surface area (Å²) < 4.78 is 4.46. The molecule has 0 saturated carbocycles. The molecule has 0 fully saturated rings. The molecule has 0 aliphatic carbocycles. The van der Waals surface area contributed by atoms with Crippen molar-refractivity contribution >= 4 is 27.6 Å². The number of methoxy groups -OCH3 is 1. The van der Waals surface area contributed by atoms with Crippen LogP contribution in [0.3, 0.4) is 0 Å². The Morgan fingerprint density at radius 3 is 3.18 bits per heavy atom. The normalized spacial score (nSPS) is 22.4. The third kappa shape index (κ3) is 1.92. The second-order valence-electron chi connectivity index (χ2n) is 2.12. The van der Waals surface area contributed by atoms with Gasteiger partial charge in [-0.1, -0.05) is 21.1 Å². The summed E-state index contributed by atoms with van der Waals surface area (Å²) in [4.78, 5) is 15.7. The van der Waals surface area contributed by atoms with E-state index in [-0.39, 0.29) is 6.10 Å². The number of hydrogen-bond donors (Lipinski definition) is 0. The van der Waals surface area contributed by atoms with E-state index in [9.17, 15) is 4.79 Å². The van der Waals surface area contributed by atoms with Gasteiger partial charge in [-0.3, -0.25) is 0 Å². The van der Waals surface area contributed by atoms with Crippen molar-refractivity contribution in [2.45, 2.75) is 12.5 Å². The molecule has 0 N–H and O–H groups in total. The van der Waals surface area contributed by atoms with E-state index in [0.29, 0.717) is 17.5 Å². The highest BCUT2D eigenvalue weighted by Crippen LogP contribution is 2.12. The maximum atomic E-state index is 10.8. The Bertz CT molecular complexity index is 192. The maximum Gasteiger partial charge on any atom is 0.355 e. The van der Waals surface area contributed by atoms with Crippen LogP contribution in [0.4, 0.5) is 0 Å². The minimum atomic E-state index is -0.409. The average molecular weight is 222 g/mol. The summed E-state index contributed by atoms with van der Waals surface area (Å²) in [5.74, 6) is -0.409. The van der Waals surface area contributed by atoms with Gasteiger partial charge in [0.15, 0.2) is 5.71 Å². The van der Waals surface area contributed by atoms with Crippen LogP contribution in [0, 0.1) is 0 Å². The van der Waals surface area contributed by atoms with Crippen LogP contribution in [0.2, 0.25) is 0 Å². The van der Waals surface area contributed by atoms with Crippen LogP contribution in [0.25, 0.3) is 0 Å². The highest BCUT2D eigenvalue weighted by atomic mass is 79.9. The van der Waals surface area contributed by atoms with Crippen LogP contribution in [0.5, 0.6) is 0 Å². The molecule has 0 unspecified atom stereocenters.